The van der Waals surface area contributed by atoms with Gasteiger partial charge in [-0.15, -0.1) is 0 Å². The summed E-state index contributed by atoms with van der Waals surface area (Å²) in [5, 5.41) is 11.2. The molecule has 6 heteroatoms. The molecule has 0 spiro atoms. The van der Waals surface area contributed by atoms with Gasteiger partial charge in [0, 0.05) is 37.1 Å². The van der Waals surface area contributed by atoms with E-state index in [0.717, 1.165) is 5.56 Å². The Labute approximate surface area is 140 Å². The number of nitrogens with zero attached hydrogens (tertiary/aromatic N) is 4. The molecule has 2 heterocycles. The molecule has 24 heavy (non-hydrogen) atoms. The largest absolute Gasteiger partial charge is 0.306 e. The van der Waals surface area contributed by atoms with Gasteiger partial charge < -0.3 is 5.32 Å². The van der Waals surface area contributed by atoms with Gasteiger partial charge in [0.05, 0.1) is 12.7 Å². The molecule has 3 aromatic rings. The highest BCUT2D eigenvalue weighted by Crippen LogP contribution is 2.09. The highest BCUT2D eigenvalue weighted by molar-refractivity contribution is 6.01. The molecular formula is C18H19N5O. The van der Waals surface area contributed by atoms with Crippen LogP contribution >= 0.6 is 0 Å². The second kappa shape index (κ2) is 6.95. The molecule has 0 aliphatic heterocycles. The SMILES string of the molecule is Cc1cccc(Cn2ccc(NC(=O)/C=C/c3cnn(C)c3)n2)c1. The van der Waals surface area contributed by atoms with Crippen molar-refractivity contribution in [2.24, 2.45) is 7.05 Å². The maximum Gasteiger partial charge on any atom is 0.249 e. The van der Waals surface area contributed by atoms with E-state index in [4.69, 9.17) is 0 Å². The van der Waals surface area contributed by atoms with Gasteiger partial charge >= 0.3 is 0 Å². The van der Waals surface area contributed by atoms with Crippen molar-refractivity contribution in [3.63, 3.8) is 0 Å². The van der Waals surface area contributed by atoms with Gasteiger partial charge in [-0.25, -0.2) is 0 Å². The third kappa shape index (κ3) is 4.19. The van der Waals surface area contributed by atoms with Crippen LogP contribution in [0.4, 0.5) is 5.82 Å². The molecule has 0 atom stereocenters. The monoisotopic (exact) mass is 321 g/mol. The van der Waals surface area contributed by atoms with Crippen LogP contribution in [0.1, 0.15) is 16.7 Å². The number of aromatic nitrogens is 4. The lowest BCUT2D eigenvalue weighted by Gasteiger charge is -2.03. The molecule has 0 aliphatic carbocycles. The van der Waals surface area contributed by atoms with Crippen LogP contribution in [-0.2, 0) is 18.4 Å². The van der Waals surface area contributed by atoms with E-state index in [2.05, 4.69) is 40.6 Å². The van der Waals surface area contributed by atoms with E-state index < -0.39 is 0 Å². The lowest BCUT2D eigenvalue weighted by molar-refractivity contribution is -0.111. The standard InChI is InChI=1S/C18H19N5O/c1-14-4-3-5-15(10-14)13-23-9-8-17(21-23)20-18(24)7-6-16-11-19-22(2)12-16/h3-12H,13H2,1-2H3,(H,20,21,24)/b7-6+. The maximum atomic E-state index is 11.9. The molecule has 0 saturated heterocycles. The van der Waals surface area contributed by atoms with Crippen LogP contribution in [0.15, 0.2) is 55.0 Å². The first-order chi connectivity index (χ1) is 11.6. The van der Waals surface area contributed by atoms with Gasteiger partial charge in [-0.1, -0.05) is 29.8 Å². The number of hydrogen-bond donors (Lipinski definition) is 1. The molecule has 1 aromatic carbocycles. The Morgan fingerprint density at radius 2 is 2.21 bits per heavy atom. The van der Waals surface area contributed by atoms with Gasteiger partial charge in [-0.05, 0) is 18.6 Å². The first-order valence-electron chi connectivity index (χ1n) is 7.65. The second-order valence-electron chi connectivity index (χ2n) is 5.66. The molecule has 0 saturated carbocycles. The Bertz CT molecular complexity index is 875. The zero-order valence-electron chi connectivity index (χ0n) is 13.7. The molecule has 2 aromatic heterocycles. The maximum absolute atomic E-state index is 11.9. The van der Waals surface area contributed by atoms with Crippen LogP contribution in [0.3, 0.4) is 0 Å². The molecule has 0 fully saturated rings. The van der Waals surface area contributed by atoms with Gasteiger partial charge in [0.15, 0.2) is 5.82 Å². The molecule has 0 bridgehead atoms. The minimum atomic E-state index is -0.223. The zero-order valence-corrected chi connectivity index (χ0v) is 13.7. The molecule has 0 radical (unpaired) electrons. The summed E-state index contributed by atoms with van der Waals surface area (Å²) in [5.41, 5.74) is 3.26. The number of anilines is 1. The van der Waals surface area contributed by atoms with Crippen LogP contribution in [0.25, 0.3) is 6.08 Å². The summed E-state index contributed by atoms with van der Waals surface area (Å²) >= 11 is 0. The molecule has 0 unspecified atom stereocenters. The molecular weight excluding hydrogens is 302 g/mol. The van der Waals surface area contributed by atoms with Crippen molar-refractivity contribution in [1.82, 2.24) is 19.6 Å². The van der Waals surface area contributed by atoms with E-state index in [0.29, 0.717) is 12.4 Å². The predicted molar refractivity (Wildman–Crippen MR) is 93.4 cm³/mol. The Morgan fingerprint density at radius 1 is 1.33 bits per heavy atom. The number of rotatable bonds is 5. The number of carbonyl (C=O) groups is 1. The lowest BCUT2D eigenvalue weighted by Crippen LogP contribution is -2.09. The third-order valence-electron chi connectivity index (χ3n) is 3.47. The summed E-state index contributed by atoms with van der Waals surface area (Å²) in [4.78, 5) is 11.9. The van der Waals surface area contributed by atoms with Crippen LogP contribution in [0.2, 0.25) is 0 Å². The average molecular weight is 321 g/mol. The van der Waals surface area contributed by atoms with E-state index in [1.165, 1.54) is 17.2 Å². The minimum Gasteiger partial charge on any atom is -0.306 e. The highest BCUT2D eigenvalue weighted by Gasteiger charge is 2.03. The zero-order chi connectivity index (χ0) is 16.9. The summed E-state index contributed by atoms with van der Waals surface area (Å²) in [5.74, 6) is 0.308. The van der Waals surface area contributed by atoms with Gasteiger partial charge in [0.1, 0.15) is 0 Å². The van der Waals surface area contributed by atoms with Crippen LogP contribution in [-0.4, -0.2) is 25.5 Å². The van der Waals surface area contributed by atoms with Crippen LogP contribution in [0.5, 0.6) is 0 Å². The Balaban J connectivity index is 1.59. The first-order valence-corrected chi connectivity index (χ1v) is 7.65. The highest BCUT2D eigenvalue weighted by atomic mass is 16.1. The smallest absolute Gasteiger partial charge is 0.249 e. The number of hydrogen-bond acceptors (Lipinski definition) is 3. The Kier molecular flexibility index (Phi) is 4.56. The summed E-state index contributed by atoms with van der Waals surface area (Å²) in [6.07, 6.45) is 8.56. The van der Waals surface area contributed by atoms with Crippen molar-refractivity contribution in [3.8, 4) is 0 Å². The molecule has 0 aliphatic rings. The van der Waals surface area contributed by atoms with Crippen molar-refractivity contribution in [3.05, 3.63) is 71.7 Å². The fourth-order valence-corrected chi connectivity index (χ4v) is 2.38. The number of nitrogens with one attached hydrogen (secondary N) is 1. The molecule has 3 rings (SSSR count). The minimum absolute atomic E-state index is 0.223. The van der Waals surface area contributed by atoms with E-state index >= 15 is 0 Å². The second-order valence-corrected chi connectivity index (χ2v) is 5.66. The van der Waals surface area contributed by atoms with Gasteiger partial charge in [-0.3, -0.25) is 14.2 Å². The summed E-state index contributed by atoms with van der Waals surface area (Å²) in [6.45, 7) is 2.73. The quantitative estimate of drug-likeness (QED) is 0.735. The van der Waals surface area contributed by atoms with E-state index in [1.807, 2.05) is 25.5 Å². The average Bonchev–Trinajstić information content (AvgIpc) is 3.14. The molecule has 122 valence electrons. The topological polar surface area (TPSA) is 64.7 Å². The first kappa shape index (κ1) is 15.7. The molecule has 1 N–H and O–H groups in total. The van der Waals surface area contributed by atoms with E-state index in [1.54, 1.807) is 27.7 Å². The van der Waals surface area contributed by atoms with Crippen LogP contribution < -0.4 is 5.32 Å². The van der Waals surface area contributed by atoms with Crippen LogP contribution in [0, 0.1) is 6.92 Å². The molecule has 1 amide bonds. The number of aryl methyl sites for hydroxylation is 2. The van der Waals surface area contributed by atoms with E-state index in [9.17, 15) is 4.79 Å². The predicted octanol–water partition coefficient (Wildman–Crippen LogP) is 2.63. The Morgan fingerprint density at radius 3 is 2.96 bits per heavy atom. The number of benzene rings is 1. The Hall–Kier alpha value is -3.15. The lowest BCUT2D eigenvalue weighted by atomic mass is 10.1. The molecule has 6 nitrogen and oxygen atoms in total. The van der Waals surface area contributed by atoms with Crippen molar-refractivity contribution >= 4 is 17.8 Å². The fraction of sp³-hybridized carbons (Fsp3) is 0.167. The summed E-state index contributed by atoms with van der Waals surface area (Å²) < 4.78 is 3.49. The van der Waals surface area contributed by atoms with Crippen molar-refractivity contribution in [2.45, 2.75) is 13.5 Å². The fourth-order valence-electron chi connectivity index (χ4n) is 2.38. The van der Waals surface area contributed by atoms with Gasteiger partial charge in [0.25, 0.3) is 0 Å². The van der Waals surface area contributed by atoms with E-state index in [-0.39, 0.29) is 5.91 Å². The normalized spacial score (nSPS) is 11.1. The summed E-state index contributed by atoms with van der Waals surface area (Å²) in [6, 6.07) is 10.1. The number of amides is 1. The van der Waals surface area contributed by atoms with Crippen molar-refractivity contribution < 1.29 is 4.79 Å². The van der Waals surface area contributed by atoms with Gasteiger partial charge in [-0.2, -0.15) is 10.2 Å². The third-order valence-corrected chi connectivity index (χ3v) is 3.47. The van der Waals surface area contributed by atoms with Crippen molar-refractivity contribution in [1.29, 1.82) is 0 Å². The van der Waals surface area contributed by atoms with Gasteiger partial charge in [0.2, 0.25) is 5.91 Å². The number of carbonyl (C=O) groups excluding carboxylic acids is 1. The summed E-state index contributed by atoms with van der Waals surface area (Å²) in [7, 11) is 1.83. The van der Waals surface area contributed by atoms with Crippen molar-refractivity contribution in [2.75, 3.05) is 5.32 Å².